The average Bonchev–Trinajstić information content (AvgIpc) is 2.41. The summed E-state index contributed by atoms with van der Waals surface area (Å²) in [5, 5.41) is 10.8. The van der Waals surface area contributed by atoms with Gasteiger partial charge >= 0.3 is 0 Å². The Morgan fingerprint density at radius 3 is 2.33 bits per heavy atom. The maximum atomic E-state index is 12.8. The zero-order valence-corrected chi connectivity index (χ0v) is 11.9. The van der Waals surface area contributed by atoms with Crippen molar-refractivity contribution < 1.29 is 22.7 Å². The number of anilines is 1. The van der Waals surface area contributed by atoms with Crippen LogP contribution in [0.1, 0.15) is 10.4 Å². The summed E-state index contributed by atoms with van der Waals surface area (Å²) in [7, 11) is -4.01. The number of aromatic carboxylic acids is 1. The number of carbonyl (C=O) groups is 1. The van der Waals surface area contributed by atoms with Gasteiger partial charge in [0.25, 0.3) is 10.0 Å². The van der Waals surface area contributed by atoms with Crippen molar-refractivity contribution in [2.45, 2.75) is 4.90 Å². The third kappa shape index (κ3) is 3.50. The minimum absolute atomic E-state index is 0.0192. The molecule has 1 N–H and O–H groups in total. The molecule has 5 nitrogen and oxygen atoms in total. The Morgan fingerprint density at radius 1 is 1.14 bits per heavy atom. The Balaban J connectivity index is 2.38. The molecule has 2 aromatic carbocycles. The van der Waals surface area contributed by atoms with Gasteiger partial charge in [-0.2, -0.15) is 0 Å². The molecule has 0 heterocycles. The lowest BCUT2D eigenvalue weighted by Crippen LogP contribution is -2.22. The van der Waals surface area contributed by atoms with Crippen LogP contribution in [-0.2, 0) is 10.0 Å². The molecule has 110 valence electrons. The molecule has 2 rings (SSSR count). The van der Waals surface area contributed by atoms with E-state index in [0.717, 1.165) is 30.3 Å². The van der Waals surface area contributed by atoms with Crippen molar-refractivity contribution in [1.29, 1.82) is 0 Å². The number of nitrogens with one attached hydrogen (secondary N) is 1. The molecule has 0 aliphatic heterocycles. The minimum atomic E-state index is -4.01. The first-order chi connectivity index (χ1) is 9.79. The molecule has 0 spiro atoms. The highest BCUT2D eigenvalue weighted by Gasteiger charge is 2.16. The van der Waals surface area contributed by atoms with E-state index in [1.165, 1.54) is 12.1 Å². The first kappa shape index (κ1) is 15.3. The molecular formula is C13H8ClFNO4S-. The highest BCUT2D eigenvalue weighted by atomic mass is 35.5. The van der Waals surface area contributed by atoms with E-state index in [1.54, 1.807) is 0 Å². The largest absolute Gasteiger partial charge is 0.545 e. The zero-order chi connectivity index (χ0) is 15.6. The van der Waals surface area contributed by atoms with Gasteiger partial charge in [0.15, 0.2) is 0 Å². The number of halogens is 2. The van der Waals surface area contributed by atoms with Gasteiger partial charge in [-0.25, -0.2) is 12.8 Å². The molecule has 0 radical (unpaired) electrons. The molecule has 0 atom stereocenters. The number of hydrogen-bond donors (Lipinski definition) is 1. The van der Waals surface area contributed by atoms with Crippen LogP contribution >= 0.6 is 11.6 Å². The zero-order valence-electron chi connectivity index (χ0n) is 10.3. The summed E-state index contributed by atoms with van der Waals surface area (Å²) in [5.41, 5.74) is -0.334. The lowest BCUT2D eigenvalue weighted by atomic mass is 10.2. The second kappa shape index (κ2) is 5.71. The standard InChI is InChI=1S/C13H9ClFNO4S/c14-11-6-1-8(13(17)18)7-12(11)16-21(19,20)10-4-2-9(15)3-5-10/h1-7,16H,(H,17,18)/p-1. The molecule has 0 unspecified atom stereocenters. The van der Waals surface area contributed by atoms with Crippen LogP contribution in [0, 0.1) is 5.82 Å². The number of carboxylic acid groups (broad SMARTS) is 1. The fourth-order valence-corrected chi connectivity index (χ4v) is 2.84. The van der Waals surface area contributed by atoms with Crippen LogP contribution < -0.4 is 9.83 Å². The van der Waals surface area contributed by atoms with Crippen LogP contribution in [0.15, 0.2) is 47.4 Å². The maximum absolute atomic E-state index is 12.8. The first-order valence-electron chi connectivity index (χ1n) is 5.59. The van der Waals surface area contributed by atoms with Gasteiger partial charge in [-0.15, -0.1) is 0 Å². The lowest BCUT2D eigenvalue weighted by Gasteiger charge is -2.11. The van der Waals surface area contributed by atoms with Crippen molar-refractivity contribution in [2.75, 3.05) is 4.72 Å². The number of carbonyl (C=O) groups excluding carboxylic acids is 1. The van der Waals surface area contributed by atoms with Crippen LogP contribution in [-0.4, -0.2) is 14.4 Å². The van der Waals surface area contributed by atoms with E-state index >= 15 is 0 Å². The smallest absolute Gasteiger partial charge is 0.261 e. The van der Waals surface area contributed by atoms with Crippen molar-refractivity contribution in [3.63, 3.8) is 0 Å². The second-order valence-electron chi connectivity index (χ2n) is 4.04. The number of hydrogen-bond acceptors (Lipinski definition) is 4. The van der Waals surface area contributed by atoms with Crippen LogP contribution in [0.3, 0.4) is 0 Å². The molecule has 0 aliphatic rings. The van der Waals surface area contributed by atoms with Gasteiger partial charge in [-0.3, -0.25) is 4.72 Å². The Bertz CT molecular complexity index is 790. The second-order valence-corrected chi connectivity index (χ2v) is 6.13. The van der Waals surface area contributed by atoms with Gasteiger partial charge in [0.2, 0.25) is 0 Å². The van der Waals surface area contributed by atoms with Gasteiger partial charge in [0.1, 0.15) is 5.82 Å². The Hall–Kier alpha value is -2.12. The molecule has 0 saturated carbocycles. The van der Waals surface area contributed by atoms with Crippen molar-refractivity contribution in [3.05, 3.63) is 58.9 Å². The molecule has 0 aromatic heterocycles. The monoisotopic (exact) mass is 328 g/mol. The van der Waals surface area contributed by atoms with Gasteiger partial charge in [-0.1, -0.05) is 17.7 Å². The van der Waals surface area contributed by atoms with Crippen molar-refractivity contribution in [2.24, 2.45) is 0 Å². The molecule has 2 aromatic rings. The van der Waals surface area contributed by atoms with E-state index in [2.05, 4.69) is 4.72 Å². The summed E-state index contributed by atoms with van der Waals surface area (Å²) in [6.07, 6.45) is 0. The third-order valence-corrected chi connectivity index (χ3v) is 4.28. The van der Waals surface area contributed by atoms with Crippen molar-refractivity contribution in [3.8, 4) is 0 Å². The summed E-state index contributed by atoms with van der Waals surface area (Å²) in [4.78, 5) is 10.6. The normalized spacial score (nSPS) is 11.1. The van der Waals surface area contributed by atoms with E-state index < -0.39 is 21.8 Å². The first-order valence-corrected chi connectivity index (χ1v) is 7.45. The van der Waals surface area contributed by atoms with E-state index in [1.807, 2.05) is 0 Å². The van der Waals surface area contributed by atoms with Gasteiger partial charge in [-0.05, 0) is 42.0 Å². The van der Waals surface area contributed by atoms with E-state index in [-0.39, 0.29) is 21.2 Å². The number of benzene rings is 2. The fraction of sp³-hybridized carbons (Fsp3) is 0. The SMILES string of the molecule is O=C([O-])c1ccc(Cl)c(NS(=O)(=O)c2ccc(F)cc2)c1. The predicted molar refractivity (Wildman–Crippen MR) is 73.0 cm³/mol. The Labute approximate surface area is 125 Å². The summed E-state index contributed by atoms with van der Waals surface area (Å²) >= 11 is 5.82. The molecule has 0 bridgehead atoms. The number of sulfonamides is 1. The molecule has 8 heteroatoms. The molecule has 0 aliphatic carbocycles. The van der Waals surface area contributed by atoms with Crippen LogP contribution in [0.5, 0.6) is 0 Å². The fourth-order valence-electron chi connectivity index (χ4n) is 1.55. The Morgan fingerprint density at radius 2 is 1.76 bits per heavy atom. The summed E-state index contributed by atoms with van der Waals surface area (Å²) < 4.78 is 39.1. The molecule has 21 heavy (non-hydrogen) atoms. The topological polar surface area (TPSA) is 86.3 Å². The van der Waals surface area contributed by atoms with Crippen LogP contribution in [0.4, 0.5) is 10.1 Å². The minimum Gasteiger partial charge on any atom is -0.545 e. The Kier molecular flexibility index (Phi) is 4.15. The third-order valence-electron chi connectivity index (χ3n) is 2.57. The quantitative estimate of drug-likeness (QED) is 0.924. The van der Waals surface area contributed by atoms with Crippen LogP contribution in [0.25, 0.3) is 0 Å². The predicted octanol–water partition coefficient (Wildman–Crippen LogP) is 1.64. The maximum Gasteiger partial charge on any atom is 0.261 e. The van der Waals surface area contributed by atoms with E-state index in [0.29, 0.717) is 0 Å². The number of carboxylic acids is 1. The van der Waals surface area contributed by atoms with Gasteiger partial charge in [0.05, 0.1) is 21.6 Å². The molecule has 0 amide bonds. The van der Waals surface area contributed by atoms with E-state index in [4.69, 9.17) is 11.6 Å². The van der Waals surface area contributed by atoms with Crippen molar-refractivity contribution in [1.82, 2.24) is 0 Å². The summed E-state index contributed by atoms with van der Waals surface area (Å²) in [6, 6.07) is 7.60. The average molecular weight is 329 g/mol. The number of rotatable bonds is 4. The van der Waals surface area contributed by atoms with Gasteiger partial charge < -0.3 is 9.90 Å². The van der Waals surface area contributed by atoms with Gasteiger partial charge in [0, 0.05) is 0 Å². The summed E-state index contributed by atoms with van der Waals surface area (Å²) in [6.45, 7) is 0. The molecule has 0 fully saturated rings. The van der Waals surface area contributed by atoms with Crippen molar-refractivity contribution >= 4 is 33.3 Å². The molecular weight excluding hydrogens is 321 g/mol. The summed E-state index contributed by atoms with van der Waals surface area (Å²) in [5.74, 6) is -2.04. The highest BCUT2D eigenvalue weighted by Crippen LogP contribution is 2.25. The van der Waals surface area contributed by atoms with E-state index in [9.17, 15) is 22.7 Å². The van der Waals surface area contributed by atoms with Crippen LogP contribution in [0.2, 0.25) is 5.02 Å². The molecule has 0 saturated heterocycles. The lowest BCUT2D eigenvalue weighted by molar-refractivity contribution is -0.255. The highest BCUT2D eigenvalue weighted by molar-refractivity contribution is 7.92.